The number of hydrogen-bond donors (Lipinski definition) is 0. The van der Waals surface area contributed by atoms with Crippen LogP contribution < -0.4 is 4.74 Å². The quantitative estimate of drug-likeness (QED) is 0.430. The molecule has 0 amide bonds. The van der Waals surface area contributed by atoms with Gasteiger partial charge in [0.1, 0.15) is 11.5 Å². The molecule has 0 N–H and O–H groups in total. The Morgan fingerprint density at radius 1 is 1.31 bits per heavy atom. The highest BCUT2D eigenvalue weighted by molar-refractivity contribution is 5.90. The number of rotatable bonds is 2. The molecule has 0 saturated heterocycles. The second-order valence-electron chi connectivity index (χ2n) is 3.99. The molecular weight excluding hydrogens is 204 g/mol. The zero-order valence-corrected chi connectivity index (χ0v) is 9.08. The first-order valence-electron chi connectivity index (χ1n) is 5.07. The van der Waals surface area contributed by atoms with Gasteiger partial charge in [0.15, 0.2) is 0 Å². The molecule has 0 fully saturated rings. The lowest BCUT2D eigenvalue weighted by Crippen LogP contribution is -2.08. The van der Waals surface area contributed by atoms with Gasteiger partial charge in [0, 0.05) is 18.4 Å². The molecule has 0 radical (unpaired) electrons. The lowest BCUT2D eigenvalue weighted by atomic mass is 10.1. The van der Waals surface area contributed by atoms with Crippen molar-refractivity contribution < 1.29 is 14.3 Å². The Morgan fingerprint density at radius 2 is 2.00 bits per heavy atom. The highest BCUT2D eigenvalue weighted by Gasteiger charge is 2.19. The minimum atomic E-state index is -0.440. The lowest BCUT2D eigenvalue weighted by molar-refractivity contribution is -0.130. The zero-order valence-electron chi connectivity index (χ0n) is 9.08. The summed E-state index contributed by atoms with van der Waals surface area (Å²) < 4.78 is 5.09. The maximum atomic E-state index is 11.3. The number of Topliss-reactive ketones (excluding diaryl/α,β-unsaturated/α-hetero) is 1. The highest BCUT2D eigenvalue weighted by Crippen LogP contribution is 2.24. The van der Waals surface area contributed by atoms with Crippen molar-refractivity contribution in [1.82, 2.24) is 0 Å². The van der Waals surface area contributed by atoms with Crippen LogP contribution in [0, 0.1) is 0 Å². The largest absolute Gasteiger partial charge is 0.423 e. The summed E-state index contributed by atoms with van der Waals surface area (Å²) in [5.41, 5.74) is 2.34. The van der Waals surface area contributed by atoms with Crippen molar-refractivity contribution in [2.45, 2.75) is 19.8 Å². The van der Waals surface area contributed by atoms with Crippen molar-refractivity contribution in [2.75, 3.05) is 0 Å². The first-order valence-corrected chi connectivity index (χ1v) is 5.07. The van der Waals surface area contributed by atoms with E-state index in [0.717, 1.165) is 11.1 Å². The first kappa shape index (κ1) is 10.6. The van der Waals surface area contributed by atoms with E-state index in [1.807, 2.05) is 6.07 Å². The van der Waals surface area contributed by atoms with Gasteiger partial charge in [0.2, 0.25) is 0 Å². The van der Waals surface area contributed by atoms with Gasteiger partial charge in [0.25, 0.3) is 0 Å². The van der Waals surface area contributed by atoms with Gasteiger partial charge < -0.3 is 4.74 Å². The van der Waals surface area contributed by atoms with Crippen molar-refractivity contribution >= 4 is 11.8 Å². The van der Waals surface area contributed by atoms with E-state index in [1.165, 1.54) is 0 Å². The van der Waals surface area contributed by atoms with Gasteiger partial charge >= 0.3 is 5.97 Å². The first-order chi connectivity index (χ1) is 7.56. The predicted molar refractivity (Wildman–Crippen MR) is 59.3 cm³/mol. The van der Waals surface area contributed by atoms with Crippen LogP contribution in [0.4, 0.5) is 0 Å². The average Bonchev–Trinajstić information content (AvgIpc) is 2.57. The summed E-state index contributed by atoms with van der Waals surface area (Å²) in [5, 5.41) is 0. The van der Waals surface area contributed by atoms with Crippen LogP contribution in [-0.4, -0.2) is 11.8 Å². The normalized spacial score (nSPS) is 13.4. The van der Waals surface area contributed by atoms with Crippen LogP contribution in [0.25, 0.3) is 0 Å². The fourth-order valence-corrected chi connectivity index (χ4v) is 1.68. The molecule has 82 valence electrons. The Morgan fingerprint density at radius 3 is 2.69 bits per heavy atom. The second kappa shape index (κ2) is 3.93. The van der Waals surface area contributed by atoms with Crippen molar-refractivity contribution in [3.63, 3.8) is 0 Å². The zero-order chi connectivity index (χ0) is 11.7. The van der Waals surface area contributed by atoms with E-state index in [9.17, 15) is 9.59 Å². The maximum absolute atomic E-state index is 11.3. The Bertz CT molecular complexity index is 486. The number of benzene rings is 1. The topological polar surface area (TPSA) is 43.4 Å². The van der Waals surface area contributed by atoms with Crippen LogP contribution >= 0.6 is 0 Å². The molecule has 0 spiro atoms. The molecule has 0 aromatic heterocycles. The Balaban J connectivity index is 2.20. The van der Waals surface area contributed by atoms with Gasteiger partial charge in [-0.25, -0.2) is 4.79 Å². The summed E-state index contributed by atoms with van der Waals surface area (Å²) >= 11 is 0. The van der Waals surface area contributed by atoms with Crippen molar-refractivity contribution in [2.24, 2.45) is 0 Å². The van der Waals surface area contributed by atoms with E-state index in [0.29, 0.717) is 24.2 Å². The second-order valence-corrected chi connectivity index (χ2v) is 3.99. The van der Waals surface area contributed by atoms with Gasteiger partial charge in [-0.05, 0) is 30.2 Å². The number of carbonyl (C=O) groups is 2. The average molecular weight is 216 g/mol. The number of carbonyl (C=O) groups excluding carboxylic acids is 2. The molecule has 0 bridgehead atoms. The predicted octanol–water partition coefficient (Wildman–Crippen LogP) is 1.84. The molecule has 3 nitrogen and oxygen atoms in total. The van der Waals surface area contributed by atoms with E-state index in [2.05, 4.69) is 6.58 Å². The molecule has 16 heavy (non-hydrogen) atoms. The third-order valence-corrected chi connectivity index (χ3v) is 2.51. The van der Waals surface area contributed by atoms with Crippen LogP contribution in [0.1, 0.15) is 18.1 Å². The summed E-state index contributed by atoms with van der Waals surface area (Å²) in [6.07, 6.45) is 0.928. The molecule has 1 aliphatic carbocycles. The minimum Gasteiger partial charge on any atom is -0.423 e. The lowest BCUT2D eigenvalue weighted by Gasteiger charge is -2.05. The summed E-state index contributed by atoms with van der Waals surface area (Å²) in [6.45, 7) is 5.10. The van der Waals surface area contributed by atoms with E-state index in [-0.39, 0.29) is 5.78 Å². The monoisotopic (exact) mass is 216 g/mol. The molecule has 0 unspecified atom stereocenters. The van der Waals surface area contributed by atoms with Crippen LogP contribution in [-0.2, 0) is 22.4 Å². The van der Waals surface area contributed by atoms with Gasteiger partial charge in [0.05, 0.1) is 0 Å². The Labute approximate surface area is 93.7 Å². The minimum absolute atomic E-state index is 0.207. The van der Waals surface area contributed by atoms with Crippen LogP contribution in [0.5, 0.6) is 5.75 Å². The molecule has 0 aliphatic heterocycles. The number of hydrogen-bond acceptors (Lipinski definition) is 3. The fourth-order valence-electron chi connectivity index (χ4n) is 1.68. The molecule has 1 aliphatic rings. The molecular formula is C13H12O3. The molecule has 1 aromatic carbocycles. The standard InChI is InChI=1S/C13H12O3/c1-8(2)13(15)16-12-4-3-9-5-11(14)6-10(9)7-12/h3-4,7H,1,5-6H2,2H3. The Hall–Kier alpha value is -1.90. The van der Waals surface area contributed by atoms with Crippen molar-refractivity contribution in [3.05, 3.63) is 41.5 Å². The van der Waals surface area contributed by atoms with Crippen LogP contribution in [0.2, 0.25) is 0 Å². The summed E-state index contributed by atoms with van der Waals surface area (Å²) in [5.74, 6) is 0.240. The SMILES string of the molecule is C=C(C)C(=O)Oc1ccc2c(c1)CC(=O)C2. The molecule has 1 aromatic rings. The summed E-state index contributed by atoms with van der Waals surface area (Å²) in [4.78, 5) is 22.5. The molecule has 0 saturated carbocycles. The van der Waals surface area contributed by atoms with E-state index < -0.39 is 5.97 Å². The molecule has 0 heterocycles. The summed E-state index contributed by atoms with van der Waals surface area (Å²) in [7, 11) is 0. The third-order valence-electron chi connectivity index (χ3n) is 2.51. The molecule has 2 rings (SSSR count). The van der Waals surface area contributed by atoms with Crippen molar-refractivity contribution in [1.29, 1.82) is 0 Å². The number of ketones is 1. The van der Waals surface area contributed by atoms with E-state index in [1.54, 1.807) is 19.1 Å². The number of fused-ring (bicyclic) bond motifs is 1. The maximum Gasteiger partial charge on any atom is 0.338 e. The highest BCUT2D eigenvalue weighted by atomic mass is 16.5. The number of esters is 1. The Kier molecular flexibility index (Phi) is 2.60. The molecule has 0 atom stereocenters. The van der Waals surface area contributed by atoms with Gasteiger partial charge in [-0.2, -0.15) is 0 Å². The van der Waals surface area contributed by atoms with Gasteiger partial charge in [-0.3, -0.25) is 4.79 Å². The van der Waals surface area contributed by atoms with E-state index in [4.69, 9.17) is 4.74 Å². The number of ether oxygens (including phenoxy) is 1. The van der Waals surface area contributed by atoms with Crippen molar-refractivity contribution in [3.8, 4) is 5.75 Å². The van der Waals surface area contributed by atoms with Crippen LogP contribution in [0.15, 0.2) is 30.4 Å². The van der Waals surface area contributed by atoms with Gasteiger partial charge in [-0.15, -0.1) is 0 Å². The fraction of sp³-hybridized carbons (Fsp3) is 0.231. The smallest absolute Gasteiger partial charge is 0.338 e. The molecule has 3 heteroatoms. The van der Waals surface area contributed by atoms with Gasteiger partial charge in [-0.1, -0.05) is 12.6 Å². The third kappa shape index (κ3) is 2.03. The summed E-state index contributed by atoms with van der Waals surface area (Å²) in [6, 6.07) is 5.29. The van der Waals surface area contributed by atoms with Crippen LogP contribution in [0.3, 0.4) is 0 Å². The van der Waals surface area contributed by atoms with E-state index >= 15 is 0 Å².